The monoisotopic (exact) mass is 403 g/mol. The second kappa shape index (κ2) is 8.77. The van der Waals surface area contributed by atoms with E-state index in [1.54, 1.807) is 6.20 Å². The fourth-order valence-electron chi connectivity index (χ4n) is 3.27. The van der Waals surface area contributed by atoms with Gasteiger partial charge in [0.15, 0.2) is 11.6 Å². The number of pyridine rings is 1. The largest absolute Gasteiger partial charge is 0.352 e. The molecule has 1 saturated heterocycles. The number of carbonyl (C=O) groups excluding carboxylic acids is 1. The Kier molecular flexibility index (Phi) is 5.74. The molecule has 30 heavy (non-hydrogen) atoms. The molecule has 0 spiro atoms. The molecule has 2 amide bonds. The smallest absolute Gasteiger partial charge is 0.321 e. The molecule has 0 atom stereocenters. The standard InChI is InChI=1S/C22H25N7O/c1-16-3-5-18(6-4-16)24-22(30)29-13-11-28(12-14-29)21-8-7-19(26-27-21)25-20-15-17(2)9-10-23-20/h3-10,15H,11-14H2,1-2H3,(H,24,30)(H,23,25,26). The predicted octanol–water partition coefficient (Wildman–Crippen LogP) is 3.59. The van der Waals surface area contributed by atoms with Crippen LogP contribution in [-0.4, -0.2) is 52.3 Å². The summed E-state index contributed by atoms with van der Waals surface area (Å²) in [5.41, 5.74) is 3.10. The Hall–Kier alpha value is -3.68. The Morgan fingerprint density at radius 2 is 1.63 bits per heavy atom. The topological polar surface area (TPSA) is 86.3 Å². The summed E-state index contributed by atoms with van der Waals surface area (Å²) in [5.74, 6) is 2.19. The third-order valence-corrected chi connectivity index (χ3v) is 5.02. The summed E-state index contributed by atoms with van der Waals surface area (Å²) in [4.78, 5) is 20.7. The molecule has 0 unspecified atom stereocenters. The number of rotatable bonds is 4. The van der Waals surface area contributed by atoms with E-state index in [-0.39, 0.29) is 6.03 Å². The Morgan fingerprint density at radius 1 is 0.867 bits per heavy atom. The van der Waals surface area contributed by atoms with Crippen molar-refractivity contribution >= 4 is 29.2 Å². The van der Waals surface area contributed by atoms with Gasteiger partial charge in [-0.3, -0.25) is 0 Å². The van der Waals surface area contributed by atoms with E-state index < -0.39 is 0 Å². The molecule has 3 aromatic rings. The SMILES string of the molecule is Cc1ccc(NC(=O)N2CCN(c3ccc(Nc4cc(C)ccn4)nn3)CC2)cc1. The van der Waals surface area contributed by atoms with Crippen molar-refractivity contribution < 1.29 is 4.79 Å². The molecule has 0 aliphatic carbocycles. The van der Waals surface area contributed by atoms with E-state index >= 15 is 0 Å². The fourth-order valence-corrected chi connectivity index (χ4v) is 3.27. The molecule has 0 bridgehead atoms. The maximum absolute atomic E-state index is 12.5. The normalized spacial score (nSPS) is 13.8. The molecule has 1 aliphatic rings. The Balaban J connectivity index is 1.30. The van der Waals surface area contributed by atoms with E-state index in [1.165, 1.54) is 5.56 Å². The van der Waals surface area contributed by atoms with E-state index in [0.717, 1.165) is 22.9 Å². The third-order valence-electron chi connectivity index (χ3n) is 5.02. The van der Waals surface area contributed by atoms with Crippen molar-refractivity contribution in [3.8, 4) is 0 Å². The number of piperazine rings is 1. The van der Waals surface area contributed by atoms with E-state index in [4.69, 9.17) is 0 Å². The van der Waals surface area contributed by atoms with Crippen molar-refractivity contribution in [1.82, 2.24) is 20.1 Å². The lowest BCUT2D eigenvalue weighted by molar-refractivity contribution is 0.208. The van der Waals surface area contributed by atoms with Gasteiger partial charge in [0.05, 0.1) is 0 Å². The number of nitrogens with zero attached hydrogens (tertiary/aromatic N) is 5. The summed E-state index contributed by atoms with van der Waals surface area (Å²) in [6, 6.07) is 15.5. The summed E-state index contributed by atoms with van der Waals surface area (Å²) in [5, 5.41) is 14.7. The first-order valence-corrected chi connectivity index (χ1v) is 9.98. The van der Waals surface area contributed by atoms with Crippen molar-refractivity contribution in [2.45, 2.75) is 13.8 Å². The number of hydrogen-bond acceptors (Lipinski definition) is 6. The van der Waals surface area contributed by atoms with Gasteiger partial charge in [-0.05, 0) is 55.8 Å². The molecule has 1 aromatic carbocycles. The molecular formula is C22H25N7O. The molecule has 2 aromatic heterocycles. The van der Waals surface area contributed by atoms with E-state index in [0.29, 0.717) is 32.0 Å². The lowest BCUT2D eigenvalue weighted by Gasteiger charge is -2.35. The molecule has 1 fully saturated rings. The van der Waals surface area contributed by atoms with Gasteiger partial charge in [-0.15, -0.1) is 10.2 Å². The average molecular weight is 403 g/mol. The average Bonchev–Trinajstić information content (AvgIpc) is 2.76. The van der Waals surface area contributed by atoms with E-state index in [2.05, 4.69) is 30.7 Å². The molecular weight excluding hydrogens is 378 g/mol. The number of carbonyl (C=O) groups is 1. The van der Waals surface area contributed by atoms with Crippen LogP contribution in [0, 0.1) is 13.8 Å². The second-order valence-corrected chi connectivity index (χ2v) is 7.39. The zero-order chi connectivity index (χ0) is 20.9. The van der Waals surface area contributed by atoms with E-state index in [1.807, 2.05) is 67.3 Å². The molecule has 8 heteroatoms. The first-order chi connectivity index (χ1) is 14.6. The number of nitrogens with one attached hydrogen (secondary N) is 2. The first kappa shape index (κ1) is 19.6. The fraction of sp³-hybridized carbons (Fsp3) is 0.273. The summed E-state index contributed by atoms with van der Waals surface area (Å²) in [7, 11) is 0. The number of aryl methyl sites for hydroxylation is 2. The van der Waals surface area contributed by atoms with Crippen molar-refractivity contribution in [3.05, 3.63) is 65.9 Å². The van der Waals surface area contributed by atoms with Gasteiger partial charge in [-0.25, -0.2) is 9.78 Å². The maximum atomic E-state index is 12.5. The van der Waals surface area contributed by atoms with Gasteiger partial charge in [0.1, 0.15) is 5.82 Å². The summed E-state index contributed by atoms with van der Waals surface area (Å²) < 4.78 is 0. The zero-order valence-corrected chi connectivity index (χ0v) is 17.2. The number of amides is 2. The van der Waals surface area contributed by atoms with Crippen LogP contribution in [0.25, 0.3) is 0 Å². The first-order valence-electron chi connectivity index (χ1n) is 9.98. The van der Waals surface area contributed by atoms with Gasteiger partial charge in [-0.1, -0.05) is 17.7 Å². The lowest BCUT2D eigenvalue weighted by Crippen LogP contribution is -2.50. The van der Waals surface area contributed by atoms with Crippen LogP contribution in [0.2, 0.25) is 0 Å². The molecule has 1 aliphatic heterocycles. The molecule has 0 radical (unpaired) electrons. The van der Waals surface area contributed by atoms with Crippen molar-refractivity contribution in [2.75, 3.05) is 41.7 Å². The number of urea groups is 1. The minimum atomic E-state index is -0.0743. The van der Waals surface area contributed by atoms with Crippen LogP contribution in [-0.2, 0) is 0 Å². The van der Waals surface area contributed by atoms with Gasteiger partial charge in [0, 0.05) is 38.1 Å². The summed E-state index contributed by atoms with van der Waals surface area (Å²) >= 11 is 0. The number of aromatic nitrogens is 3. The molecule has 8 nitrogen and oxygen atoms in total. The van der Waals surface area contributed by atoms with Crippen LogP contribution in [0.5, 0.6) is 0 Å². The highest BCUT2D eigenvalue weighted by Crippen LogP contribution is 2.18. The van der Waals surface area contributed by atoms with Gasteiger partial charge in [0.25, 0.3) is 0 Å². The Morgan fingerprint density at radius 3 is 2.30 bits per heavy atom. The van der Waals surface area contributed by atoms with Gasteiger partial charge in [-0.2, -0.15) is 0 Å². The highest BCUT2D eigenvalue weighted by Gasteiger charge is 2.22. The van der Waals surface area contributed by atoms with Crippen LogP contribution in [0.1, 0.15) is 11.1 Å². The van der Waals surface area contributed by atoms with Crippen LogP contribution < -0.4 is 15.5 Å². The van der Waals surface area contributed by atoms with Crippen molar-refractivity contribution in [3.63, 3.8) is 0 Å². The van der Waals surface area contributed by atoms with Crippen LogP contribution >= 0.6 is 0 Å². The molecule has 4 rings (SSSR count). The third kappa shape index (κ3) is 4.83. The Bertz CT molecular complexity index is 997. The minimum Gasteiger partial charge on any atom is -0.352 e. The van der Waals surface area contributed by atoms with Gasteiger partial charge >= 0.3 is 6.03 Å². The lowest BCUT2D eigenvalue weighted by atomic mass is 10.2. The number of anilines is 4. The molecule has 3 heterocycles. The molecule has 2 N–H and O–H groups in total. The Labute approximate surface area is 176 Å². The minimum absolute atomic E-state index is 0.0743. The van der Waals surface area contributed by atoms with Gasteiger partial charge < -0.3 is 20.4 Å². The maximum Gasteiger partial charge on any atom is 0.321 e. The molecule has 154 valence electrons. The molecule has 0 saturated carbocycles. The van der Waals surface area contributed by atoms with Crippen LogP contribution in [0.15, 0.2) is 54.7 Å². The predicted molar refractivity (Wildman–Crippen MR) is 118 cm³/mol. The van der Waals surface area contributed by atoms with Gasteiger partial charge in [0.2, 0.25) is 0 Å². The summed E-state index contributed by atoms with van der Waals surface area (Å²) in [6.07, 6.45) is 1.76. The highest BCUT2D eigenvalue weighted by atomic mass is 16.2. The van der Waals surface area contributed by atoms with E-state index in [9.17, 15) is 4.79 Å². The highest BCUT2D eigenvalue weighted by molar-refractivity contribution is 5.89. The van der Waals surface area contributed by atoms with Crippen LogP contribution in [0.4, 0.5) is 27.9 Å². The quantitative estimate of drug-likeness (QED) is 0.692. The second-order valence-electron chi connectivity index (χ2n) is 7.39. The van der Waals surface area contributed by atoms with Crippen molar-refractivity contribution in [2.24, 2.45) is 0 Å². The van der Waals surface area contributed by atoms with Crippen molar-refractivity contribution in [1.29, 1.82) is 0 Å². The number of hydrogen-bond donors (Lipinski definition) is 2. The number of benzene rings is 1. The van der Waals surface area contributed by atoms with Crippen LogP contribution in [0.3, 0.4) is 0 Å². The zero-order valence-electron chi connectivity index (χ0n) is 17.2. The summed E-state index contributed by atoms with van der Waals surface area (Å²) in [6.45, 7) is 6.72.